The van der Waals surface area contributed by atoms with Gasteiger partial charge in [-0.3, -0.25) is 54.2 Å². The summed E-state index contributed by atoms with van der Waals surface area (Å²) < 4.78 is 132. The van der Waals surface area contributed by atoms with Crippen molar-refractivity contribution in [2.45, 2.75) is 26.7 Å². The molecule has 0 aromatic heterocycles. The molecule has 7 N–H and O–H groups in total. The van der Waals surface area contributed by atoms with E-state index < -0.39 is 138 Å². The molecule has 0 aromatic carbocycles. The minimum absolute atomic E-state index is 0.257. The van der Waals surface area contributed by atoms with E-state index in [9.17, 15) is 56.2 Å². The summed E-state index contributed by atoms with van der Waals surface area (Å²) in [5, 5.41) is 0. The monoisotopic (exact) mass is 848 g/mol. The number of alkyl halides is 1. The number of phosphoric ester groups is 6. The summed E-state index contributed by atoms with van der Waals surface area (Å²) in [5.41, 5.74) is 0. The van der Waals surface area contributed by atoms with Crippen LogP contribution in [0.1, 0.15) is 26.7 Å². The van der Waals surface area contributed by atoms with Crippen molar-refractivity contribution >= 4 is 46.9 Å². The third kappa shape index (κ3) is 28.7. The summed E-state index contributed by atoms with van der Waals surface area (Å²) in [6, 6.07) is 0. The average molecular weight is 848 g/mol. The van der Waals surface area contributed by atoms with Crippen molar-refractivity contribution < 1.29 is 116 Å². The van der Waals surface area contributed by atoms with Crippen LogP contribution in [0.2, 0.25) is 0 Å². The number of phosphoric acid groups is 6. The molecule has 0 aliphatic carbocycles. The Morgan fingerprint density at radius 3 is 0.857 bits per heavy atom. The molecule has 7 atom stereocenters. The zero-order valence-electron chi connectivity index (χ0n) is 26.2. The molecule has 0 aromatic rings. The first-order chi connectivity index (χ1) is 22.5. The summed E-state index contributed by atoms with van der Waals surface area (Å²) in [7, 11) is -28.5. The molecule has 0 aliphatic heterocycles. The first-order valence-corrected chi connectivity index (χ1v) is 22.8. The molecule has 49 heavy (non-hydrogen) atoms. The first-order valence-electron chi connectivity index (χ1n) is 13.8. The van der Waals surface area contributed by atoms with Crippen LogP contribution in [0.4, 0.5) is 4.39 Å². The third-order valence-electron chi connectivity index (χ3n) is 5.17. The summed E-state index contributed by atoms with van der Waals surface area (Å²) in [6.45, 7) is -5.07. The molecule has 0 amide bonds. The SMILES string of the molecule is CCC(CF)COP(=O)(O)OCCOP(=O)(O)OCCOP(=O)(O)OCCOP(=O)(O)OCCOP(=O)(O)OCC(CC)COP(=O)(O)O. The van der Waals surface area contributed by atoms with Crippen molar-refractivity contribution in [2.75, 3.05) is 79.4 Å². The first kappa shape index (κ1) is 49.6. The van der Waals surface area contributed by atoms with Crippen molar-refractivity contribution in [2.24, 2.45) is 11.8 Å². The third-order valence-corrected chi connectivity index (χ3v) is 10.7. The van der Waals surface area contributed by atoms with Crippen LogP contribution in [-0.4, -0.2) is 114 Å². The fourth-order valence-electron chi connectivity index (χ4n) is 2.56. The predicted octanol–water partition coefficient (Wildman–Crippen LogP) is 2.79. The maximum Gasteiger partial charge on any atom is 0.472 e. The Morgan fingerprint density at radius 1 is 0.408 bits per heavy atom. The molecule has 296 valence electrons. The highest BCUT2D eigenvalue weighted by atomic mass is 31.2. The minimum atomic E-state index is -4.83. The number of rotatable bonds is 32. The van der Waals surface area contributed by atoms with Gasteiger partial charge in [-0.2, -0.15) is 0 Å². The van der Waals surface area contributed by atoms with E-state index in [1.807, 2.05) is 0 Å². The maximum atomic E-state index is 12.6. The van der Waals surface area contributed by atoms with E-state index in [4.69, 9.17) is 9.79 Å². The molecular formula is C18H43FO24P6. The molecule has 0 spiro atoms. The average Bonchev–Trinajstić information content (AvgIpc) is 2.98. The Balaban J connectivity index is 4.22. The highest BCUT2D eigenvalue weighted by Crippen LogP contribution is 2.48. The smallest absolute Gasteiger partial charge is 0.303 e. The van der Waals surface area contributed by atoms with Gasteiger partial charge in [-0.25, -0.2) is 27.4 Å². The summed E-state index contributed by atoms with van der Waals surface area (Å²) in [5.74, 6) is -1.30. The van der Waals surface area contributed by atoms with Crippen molar-refractivity contribution in [1.82, 2.24) is 0 Å². The van der Waals surface area contributed by atoms with Gasteiger partial charge < -0.3 is 34.3 Å². The molecule has 0 saturated heterocycles. The lowest BCUT2D eigenvalue weighted by Crippen LogP contribution is -2.15. The van der Waals surface area contributed by atoms with Crippen LogP contribution in [0.3, 0.4) is 0 Å². The van der Waals surface area contributed by atoms with Crippen LogP contribution >= 0.6 is 46.9 Å². The van der Waals surface area contributed by atoms with Gasteiger partial charge in [0, 0.05) is 11.8 Å². The quantitative estimate of drug-likeness (QED) is 0.0378. The van der Waals surface area contributed by atoms with E-state index >= 15 is 0 Å². The Morgan fingerprint density at radius 2 is 0.633 bits per heavy atom. The molecular weight excluding hydrogens is 805 g/mol. The molecule has 0 heterocycles. The van der Waals surface area contributed by atoms with Crippen molar-refractivity contribution in [3.63, 3.8) is 0 Å². The van der Waals surface area contributed by atoms with Crippen molar-refractivity contribution in [1.29, 1.82) is 0 Å². The zero-order chi connectivity index (χ0) is 37.8. The Kier molecular flexibility index (Phi) is 24.4. The van der Waals surface area contributed by atoms with Gasteiger partial charge in [0.15, 0.2) is 0 Å². The van der Waals surface area contributed by atoms with Gasteiger partial charge in [-0.15, -0.1) is 0 Å². The van der Waals surface area contributed by atoms with Gasteiger partial charge in [0.25, 0.3) is 0 Å². The maximum absolute atomic E-state index is 12.6. The molecule has 31 heteroatoms. The fraction of sp³-hybridized carbons (Fsp3) is 1.00. The number of halogens is 1. The van der Waals surface area contributed by atoms with Gasteiger partial charge >= 0.3 is 46.9 Å². The van der Waals surface area contributed by atoms with Gasteiger partial charge in [0.05, 0.1) is 79.4 Å². The number of hydrogen-bond donors (Lipinski definition) is 7. The van der Waals surface area contributed by atoms with Crippen LogP contribution in [0.25, 0.3) is 0 Å². The minimum Gasteiger partial charge on any atom is -0.303 e. The Bertz CT molecular complexity index is 1210. The highest BCUT2D eigenvalue weighted by Gasteiger charge is 2.29. The van der Waals surface area contributed by atoms with Gasteiger partial charge in [0.2, 0.25) is 0 Å². The lowest BCUT2D eigenvalue weighted by Gasteiger charge is -2.18. The standard InChI is InChI=1S/C18H43FO24P6/c1-3-17(13-19)14-42-48(29,30)39-11-9-37-46(25,26)35-7-5-33-45(23,24)34-6-8-36-47(27,28)38-10-12-40-49(31,32)43-16-18(4-2)15-41-44(20,21)22/h17-18H,3-16H2,1-2H3,(H,23,24)(H,25,26)(H,27,28)(H,29,30)(H,31,32)(H2,20,21,22). The molecule has 0 aliphatic rings. The van der Waals surface area contributed by atoms with E-state index in [1.54, 1.807) is 13.8 Å². The van der Waals surface area contributed by atoms with Crippen LogP contribution in [0.5, 0.6) is 0 Å². The zero-order valence-corrected chi connectivity index (χ0v) is 31.6. The summed E-state index contributed by atoms with van der Waals surface area (Å²) in [4.78, 5) is 65.3. The second kappa shape index (κ2) is 24.1. The second-order valence-electron chi connectivity index (χ2n) is 9.09. The molecule has 0 radical (unpaired) electrons. The van der Waals surface area contributed by atoms with Crippen molar-refractivity contribution in [3.8, 4) is 0 Å². The Hall–Kier alpha value is 0.590. The van der Waals surface area contributed by atoms with E-state index in [0.717, 1.165) is 0 Å². The van der Waals surface area contributed by atoms with Crippen molar-refractivity contribution in [3.05, 3.63) is 0 Å². The lowest BCUT2D eigenvalue weighted by molar-refractivity contribution is 0.0726. The number of hydrogen-bond acceptors (Lipinski definition) is 17. The Labute approximate surface area is 280 Å². The van der Waals surface area contributed by atoms with Crippen LogP contribution in [0, 0.1) is 11.8 Å². The van der Waals surface area contributed by atoms with Gasteiger partial charge in [-0.1, -0.05) is 13.8 Å². The molecule has 24 nitrogen and oxygen atoms in total. The van der Waals surface area contributed by atoms with E-state index in [1.165, 1.54) is 0 Å². The fourth-order valence-corrected chi connectivity index (χ4v) is 6.58. The van der Waals surface area contributed by atoms with E-state index in [0.29, 0.717) is 6.42 Å². The molecule has 0 saturated carbocycles. The van der Waals surface area contributed by atoms with Crippen LogP contribution in [0.15, 0.2) is 0 Å². The molecule has 0 fully saturated rings. The second-order valence-corrected chi connectivity index (χ2v) is 17.6. The predicted molar refractivity (Wildman–Crippen MR) is 160 cm³/mol. The van der Waals surface area contributed by atoms with Crippen LogP contribution in [-0.2, 0) is 77.2 Å². The lowest BCUT2D eigenvalue weighted by atomic mass is 10.1. The highest BCUT2D eigenvalue weighted by molar-refractivity contribution is 7.48. The summed E-state index contributed by atoms with van der Waals surface area (Å²) in [6.07, 6.45) is 0.598. The van der Waals surface area contributed by atoms with Gasteiger partial charge in [-0.05, 0) is 12.8 Å². The molecule has 7 unspecified atom stereocenters. The van der Waals surface area contributed by atoms with E-state index in [-0.39, 0.29) is 6.42 Å². The largest absolute Gasteiger partial charge is 0.472 e. The van der Waals surface area contributed by atoms with Gasteiger partial charge in [0.1, 0.15) is 0 Å². The summed E-state index contributed by atoms with van der Waals surface area (Å²) >= 11 is 0. The molecule has 0 bridgehead atoms. The topological polar surface area (TPSA) is 346 Å². The molecule has 0 rings (SSSR count). The normalized spacial score (nSPS) is 20.0. The van der Waals surface area contributed by atoms with Crippen LogP contribution < -0.4 is 0 Å². The van der Waals surface area contributed by atoms with E-state index in [2.05, 4.69) is 49.8 Å².